The van der Waals surface area contributed by atoms with Crippen LogP contribution in [0.15, 0.2) is 25.3 Å². The van der Waals surface area contributed by atoms with Crippen molar-refractivity contribution in [1.29, 1.82) is 0 Å². The van der Waals surface area contributed by atoms with Crippen LogP contribution in [-0.4, -0.2) is 11.6 Å². The van der Waals surface area contributed by atoms with E-state index in [4.69, 9.17) is 0 Å². The summed E-state index contributed by atoms with van der Waals surface area (Å²) in [5, 5.41) is 0. The Morgan fingerprint density at radius 2 is 1.43 bits per heavy atom. The molecule has 0 aliphatic heterocycles. The summed E-state index contributed by atoms with van der Waals surface area (Å²) in [5.41, 5.74) is -1.64. The quantitative estimate of drug-likeness (QED) is 0.506. The minimum Gasteiger partial charge on any atom is -0.297 e. The Bertz CT molecular complexity index is 280. The lowest BCUT2D eigenvalue weighted by molar-refractivity contribution is -0.168. The van der Waals surface area contributed by atoms with E-state index in [1.165, 1.54) is 0 Å². The first-order valence-electron chi connectivity index (χ1n) is 4.75. The Labute approximate surface area is 84.7 Å². The molecule has 0 spiro atoms. The molecule has 1 fully saturated rings. The van der Waals surface area contributed by atoms with Crippen LogP contribution in [0.3, 0.4) is 0 Å². The summed E-state index contributed by atoms with van der Waals surface area (Å²) in [6.07, 6.45) is 4.13. The zero-order valence-corrected chi connectivity index (χ0v) is 8.80. The normalized spacial score (nSPS) is 22.7. The highest BCUT2D eigenvalue weighted by Gasteiger charge is 2.64. The number of allylic oxidation sites excluding steroid dienone is 2. The average Bonchev–Trinajstić information content (AvgIpc) is 2.15. The van der Waals surface area contributed by atoms with Crippen molar-refractivity contribution < 1.29 is 9.59 Å². The third-order valence-electron chi connectivity index (χ3n) is 2.99. The number of carbonyl (C=O) groups excluding carboxylic acids is 2. The van der Waals surface area contributed by atoms with Gasteiger partial charge < -0.3 is 0 Å². The summed E-state index contributed by atoms with van der Waals surface area (Å²) in [4.78, 5) is 23.8. The highest BCUT2D eigenvalue weighted by Crippen LogP contribution is 2.51. The predicted molar refractivity (Wildman–Crippen MR) is 55.9 cm³/mol. The van der Waals surface area contributed by atoms with Crippen molar-refractivity contribution in [3.8, 4) is 0 Å². The Balaban J connectivity index is 3.03. The molecule has 0 aromatic heterocycles. The SMILES string of the molecule is C=CCC1(CC=C)C(=O)C(C)(C)C1=O. The van der Waals surface area contributed by atoms with E-state index in [9.17, 15) is 9.59 Å². The third kappa shape index (κ3) is 1.10. The zero-order chi connectivity index (χ0) is 11.0. The smallest absolute Gasteiger partial charge is 0.160 e. The highest BCUT2D eigenvalue weighted by atomic mass is 16.2. The molecule has 1 rings (SSSR count). The van der Waals surface area contributed by atoms with Gasteiger partial charge in [0.1, 0.15) is 0 Å². The zero-order valence-electron chi connectivity index (χ0n) is 8.80. The molecule has 0 aromatic carbocycles. The number of Topliss-reactive ketones (excluding diaryl/α,β-unsaturated/α-hetero) is 2. The van der Waals surface area contributed by atoms with Crippen molar-refractivity contribution in [2.24, 2.45) is 10.8 Å². The van der Waals surface area contributed by atoms with Crippen LogP contribution in [0.5, 0.6) is 0 Å². The number of rotatable bonds is 4. The molecule has 2 heteroatoms. The van der Waals surface area contributed by atoms with Crippen LogP contribution in [0.25, 0.3) is 0 Å². The first-order chi connectivity index (χ1) is 6.43. The van der Waals surface area contributed by atoms with Crippen LogP contribution in [-0.2, 0) is 9.59 Å². The van der Waals surface area contributed by atoms with Crippen molar-refractivity contribution in [2.75, 3.05) is 0 Å². The van der Waals surface area contributed by atoms with Crippen LogP contribution in [0.4, 0.5) is 0 Å². The number of carbonyl (C=O) groups is 2. The van der Waals surface area contributed by atoms with Crippen LogP contribution >= 0.6 is 0 Å². The van der Waals surface area contributed by atoms with Crippen molar-refractivity contribution >= 4 is 11.6 Å². The Morgan fingerprint density at radius 1 is 1.07 bits per heavy atom. The van der Waals surface area contributed by atoms with Crippen molar-refractivity contribution in [2.45, 2.75) is 26.7 Å². The van der Waals surface area contributed by atoms with E-state index >= 15 is 0 Å². The summed E-state index contributed by atoms with van der Waals surface area (Å²) < 4.78 is 0. The van der Waals surface area contributed by atoms with E-state index in [1.807, 2.05) is 0 Å². The molecular formula is C12H16O2. The van der Waals surface area contributed by atoms with Crippen molar-refractivity contribution in [1.82, 2.24) is 0 Å². The number of ketones is 2. The maximum Gasteiger partial charge on any atom is 0.160 e. The van der Waals surface area contributed by atoms with Gasteiger partial charge in [-0.05, 0) is 26.7 Å². The van der Waals surface area contributed by atoms with Crippen molar-refractivity contribution in [3.63, 3.8) is 0 Å². The predicted octanol–water partition coefficient (Wildman–Crippen LogP) is 2.30. The molecule has 1 saturated carbocycles. The van der Waals surface area contributed by atoms with Crippen LogP contribution in [0, 0.1) is 10.8 Å². The molecule has 76 valence electrons. The molecule has 0 unspecified atom stereocenters. The first-order valence-corrected chi connectivity index (χ1v) is 4.75. The Hall–Kier alpha value is -1.18. The van der Waals surface area contributed by atoms with Gasteiger partial charge in [-0.15, -0.1) is 13.2 Å². The van der Waals surface area contributed by atoms with Gasteiger partial charge in [-0.3, -0.25) is 9.59 Å². The van der Waals surface area contributed by atoms with Gasteiger partial charge in [0.25, 0.3) is 0 Å². The topological polar surface area (TPSA) is 34.1 Å². The molecule has 0 saturated heterocycles. The first kappa shape index (κ1) is 10.9. The monoisotopic (exact) mass is 192 g/mol. The molecular weight excluding hydrogens is 176 g/mol. The van der Waals surface area contributed by atoms with Gasteiger partial charge in [-0.2, -0.15) is 0 Å². The highest BCUT2D eigenvalue weighted by molar-refractivity contribution is 6.30. The summed E-state index contributed by atoms with van der Waals surface area (Å²) in [5.74, 6) is 0.0459. The molecule has 2 nitrogen and oxygen atoms in total. The molecule has 0 heterocycles. The van der Waals surface area contributed by atoms with Gasteiger partial charge in [-0.1, -0.05) is 12.2 Å². The molecule has 0 N–H and O–H groups in total. The maximum absolute atomic E-state index is 11.9. The largest absolute Gasteiger partial charge is 0.297 e. The van der Waals surface area contributed by atoms with Gasteiger partial charge in [0.05, 0.1) is 10.8 Å². The summed E-state index contributed by atoms with van der Waals surface area (Å²) in [7, 11) is 0. The summed E-state index contributed by atoms with van der Waals surface area (Å²) >= 11 is 0. The lowest BCUT2D eigenvalue weighted by Crippen LogP contribution is -2.63. The Morgan fingerprint density at radius 3 is 1.71 bits per heavy atom. The van der Waals surface area contributed by atoms with Crippen LogP contribution < -0.4 is 0 Å². The van der Waals surface area contributed by atoms with Gasteiger partial charge >= 0.3 is 0 Å². The minimum absolute atomic E-state index is 0.0230. The molecule has 0 atom stereocenters. The van der Waals surface area contributed by atoms with Gasteiger partial charge in [0.15, 0.2) is 11.6 Å². The van der Waals surface area contributed by atoms with E-state index in [0.29, 0.717) is 12.8 Å². The van der Waals surface area contributed by atoms with E-state index in [-0.39, 0.29) is 11.6 Å². The average molecular weight is 192 g/mol. The number of hydrogen-bond acceptors (Lipinski definition) is 2. The number of hydrogen-bond donors (Lipinski definition) is 0. The van der Waals surface area contributed by atoms with Gasteiger partial charge in [0, 0.05) is 0 Å². The van der Waals surface area contributed by atoms with E-state index in [0.717, 1.165) is 0 Å². The second kappa shape index (κ2) is 3.19. The molecule has 14 heavy (non-hydrogen) atoms. The minimum atomic E-state index is -0.840. The molecule has 0 radical (unpaired) electrons. The molecule has 0 aromatic rings. The molecule has 1 aliphatic rings. The fraction of sp³-hybridized carbons (Fsp3) is 0.500. The standard InChI is InChI=1S/C12H16O2/c1-5-7-12(8-6-2)9(13)11(3,4)10(12)14/h5-6H,1-2,7-8H2,3-4H3. The summed E-state index contributed by atoms with van der Waals surface area (Å²) in [6.45, 7) is 10.5. The van der Waals surface area contributed by atoms with Crippen molar-refractivity contribution in [3.05, 3.63) is 25.3 Å². The van der Waals surface area contributed by atoms with Gasteiger partial charge in [-0.25, -0.2) is 0 Å². The van der Waals surface area contributed by atoms with Gasteiger partial charge in [0.2, 0.25) is 0 Å². The summed E-state index contributed by atoms with van der Waals surface area (Å²) in [6, 6.07) is 0. The molecule has 1 aliphatic carbocycles. The fourth-order valence-electron chi connectivity index (χ4n) is 2.29. The third-order valence-corrected chi connectivity index (χ3v) is 2.99. The maximum atomic E-state index is 11.9. The van der Waals surface area contributed by atoms with Crippen LogP contribution in [0.2, 0.25) is 0 Å². The molecule has 0 bridgehead atoms. The Kier molecular flexibility index (Phi) is 2.49. The second-order valence-corrected chi connectivity index (χ2v) is 4.35. The lowest BCUT2D eigenvalue weighted by atomic mass is 9.49. The lowest BCUT2D eigenvalue weighted by Gasteiger charge is -2.48. The van der Waals surface area contributed by atoms with E-state index in [2.05, 4.69) is 13.2 Å². The second-order valence-electron chi connectivity index (χ2n) is 4.35. The fourth-order valence-corrected chi connectivity index (χ4v) is 2.29. The van der Waals surface area contributed by atoms with E-state index < -0.39 is 10.8 Å². The van der Waals surface area contributed by atoms with E-state index in [1.54, 1.807) is 26.0 Å². The van der Waals surface area contributed by atoms with Crippen LogP contribution in [0.1, 0.15) is 26.7 Å². The molecule has 0 amide bonds.